The predicted molar refractivity (Wildman–Crippen MR) is 96.3 cm³/mol. The van der Waals surface area contributed by atoms with Gasteiger partial charge in [-0.3, -0.25) is 4.79 Å². The lowest BCUT2D eigenvalue weighted by molar-refractivity contribution is -0.118. The smallest absolute Gasteiger partial charge is 0.407 e. The summed E-state index contributed by atoms with van der Waals surface area (Å²) >= 11 is 0. The van der Waals surface area contributed by atoms with Crippen LogP contribution in [0.15, 0.2) is 35.2 Å². The number of carbonyl (C=O) groups is 2. The van der Waals surface area contributed by atoms with Gasteiger partial charge in [0.2, 0.25) is 10.0 Å². The van der Waals surface area contributed by atoms with Crippen LogP contribution >= 0.6 is 0 Å². The third kappa shape index (κ3) is 8.41. The topological polar surface area (TPSA) is 111 Å². The highest BCUT2D eigenvalue weighted by Gasteiger charge is 2.23. The molecule has 0 aromatic heterocycles. The van der Waals surface area contributed by atoms with Crippen molar-refractivity contribution < 1.29 is 27.5 Å². The molecule has 0 bridgehead atoms. The van der Waals surface area contributed by atoms with E-state index in [4.69, 9.17) is 9.47 Å². The Balaban J connectivity index is 2.44. The molecule has 26 heavy (non-hydrogen) atoms. The van der Waals surface area contributed by atoms with E-state index in [1.54, 1.807) is 18.2 Å². The van der Waals surface area contributed by atoms with Gasteiger partial charge >= 0.3 is 6.09 Å². The number of Topliss-reactive ketones (excluding diaryl/α,β-unsaturated/α-hetero) is 1. The largest absolute Gasteiger partial charge is 0.447 e. The van der Waals surface area contributed by atoms with E-state index in [-0.39, 0.29) is 24.7 Å². The quantitative estimate of drug-likeness (QED) is 0.526. The maximum atomic E-state index is 12.3. The van der Waals surface area contributed by atoms with Gasteiger partial charge in [-0.2, -0.15) is 4.72 Å². The standard InChI is InChI=1S/C17H26N2O6S/c1-3-4-10-24-11-12-25-17(21)18-13-16(14(2)20)19-26(22,23)15-8-6-5-7-9-15/h5-9,16,19H,3-4,10-13H2,1-2H3,(H,18,21). The third-order valence-electron chi connectivity index (χ3n) is 3.40. The van der Waals surface area contributed by atoms with Crippen molar-refractivity contribution in [2.24, 2.45) is 0 Å². The van der Waals surface area contributed by atoms with Crippen LogP contribution in [0.4, 0.5) is 4.79 Å². The molecule has 0 saturated carbocycles. The summed E-state index contributed by atoms with van der Waals surface area (Å²) in [5.74, 6) is -0.423. The first-order valence-electron chi connectivity index (χ1n) is 8.43. The molecular formula is C17H26N2O6S. The van der Waals surface area contributed by atoms with Crippen LogP contribution in [0.2, 0.25) is 0 Å². The van der Waals surface area contributed by atoms with Crippen LogP contribution in [-0.4, -0.2) is 52.7 Å². The van der Waals surface area contributed by atoms with Crippen LogP contribution in [0.25, 0.3) is 0 Å². The Kier molecular flexibility index (Phi) is 9.85. The second kappa shape index (κ2) is 11.6. The minimum atomic E-state index is -3.87. The van der Waals surface area contributed by atoms with Crippen LogP contribution in [0.3, 0.4) is 0 Å². The normalized spacial score (nSPS) is 12.4. The van der Waals surface area contributed by atoms with Crippen molar-refractivity contribution in [2.45, 2.75) is 37.6 Å². The minimum absolute atomic E-state index is 0.0399. The number of hydrogen-bond acceptors (Lipinski definition) is 6. The maximum absolute atomic E-state index is 12.3. The van der Waals surface area contributed by atoms with Crippen LogP contribution in [0, 0.1) is 0 Å². The molecule has 0 fully saturated rings. The van der Waals surface area contributed by atoms with Crippen LogP contribution < -0.4 is 10.0 Å². The van der Waals surface area contributed by atoms with Gasteiger partial charge < -0.3 is 14.8 Å². The second-order valence-corrected chi connectivity index (χ2v) is 7.29. The molecule has 8 nitrogen and oxygen atoms in total. The molecule has 1 unspecified atom stereocenters. The highest BCUT2D eigenvalue weighted by atomic mass is 32.2. The zero-order valence-electron chi connectivity index (χ0n) is 15.1. The SMILES string of the molecule is CCCCOCCOC(=O)NCC(NS(=O)(=O)c1ccccc1)C(C)=O. The summed E-state index contributed by atoms with van der Waals surface area (Å²) in [4.78, 5) is 23.3. The molecule has 0 saturated heterocycles. The van der Waals surface area contributed by atoms with Crippen molar-refractivity contribution in [3.8, 4) is 0 Å². The number of rotatable bonds is 12. The average molecular weight is 386 g/mol. The molecule has 146 valence electrons. The highest BCUT2D eigenvalue weighted by Crippen LogP contribution is 2.08. The summed E-state index contributed by atoms with van der Waals surface area (Å²) in [6.45, 7) is 4.05. The Hall–Kier alpha value is -1.97. The van der Waals surface area contributed by atoms with Crippen molar-refractivity contribution in [1.82, 2.24) is 10.0 Å². The van der Waals surface area contributed by atoms with E-state index < -0.39 is 27.9 Å². The molecular weight excluding hydrogens is 360 g/mol. The number of amides is 1. The van der Waals surface area contributed by atoms with Gasteiger partial charge in [-0.05, 0) is 25.5 Å². The van der Waals surface area contributed by atoms with Gasteiger partial charge in [-0.25, -0.2) is 13.2 Å². The molecule has 1 aromatic carbocycles. The van der Waals surface area contributed by atoms with Gasteiger partial charge in [-0.15, -0.1) is 0 Å². The summed E-state index contributed by atoms with van der Waals surface area (Å²) in [5, 5.41) is 2.38. The molecule has 0 aliphatic rings. The Bertz CT molecular complexity index is 663. The molecule has 0 spiro atoms. The first-order chi connectivity index (χ1) is 12.4. The van der Waals surface area contributed by atoms with Crippen molar-refractivity contribution in [3.63, 3.8) is 0 Å². The zero-order chi connectivity index (χ0) is 19.4. The number of nitrogens with one attached hydrogen (secondary N) is 2. The van der Waals surface area contributed by atoms with Crippen LogP contribution in [0.1, 0.15) is 26.7 Å². The maximum Gasteiger partial charge on any atom is 0.407 e. The van der Waals surface area contributed by atoms with Crippen molar-refractivity contribution in [3.05, 3.63) is 30.3 Å². The summed E-state index contributed by atoms with van der Waals surface area (Å²) in [7, 11) is -3.87. The average Bonchev–Trinajstić information content (AvgIpc) is 2.62. The molecule has 1 aromatic rings. The number of sulfonamides is 1. The molecule has 2 N–H and O–H groups in total. The fourth-order valence-electron chi connectivity index (χ4n) is 1.90. The lowest BCUT2D eigenvalue weighted by Crippen LogP contribution is -2.47. The monoisotopic (exact) mass is 386 g/mol. The molecule has 0 aliphatic heterocycles. The minimum Gasteiger partial charge on any atom is -0.447 e. The molecule has 1 amide bonds. The van der Waals surface area contributed by atoms with E-state index in [0.29, 0.717) is 6.61 Å². The first kappa shape index (κ1) is 22.1. The Morgan fingerprint density at radius 2 is 1.81 bits per heavy atom. The van der Waals surface area contributed by atoms with Crippen LogP contribution in [-0.2, 0) is 24.3 Å². The lowest BCUT2D eigenvalue weighted by atomic mass is 10.2. The number of ketones is 1. The number of hydrogen-bond donors (Lipinski definition) is 2. The highest BCUT2D eigenvalue weighted by molar-refractivity contribution is 7.89. The summed E-state index contributed by atoms with van der Waals surface area (Å²) < 4.78 is 37.0. The fourth-order valence-corrected chi connectivity index (χ4v) is 3.18. The van der Waals surface area contributed by atoms with E-state index in [1.165, 1.54) is 19.1 Å². The number of ether oxygens (including phenoxy) is 2. The number of carbonyl (C=O) groups excluding carboxylic acids is 2. The van der Waals surface area contributed by atoms with E-state index in [0.717, 1.165) is 12.8 Å². The zero-order valence-corrected chi connectivity index (χ0v) is 15.9. The predicted octanol–water partition coefficient (Wildman–Crippen LogP) is 1.47. The number of alkyl carbamates (subject to hydrolysis) is 1. The van der Waals surface area contributed by atoms with E-state index in [2.05, 4.69) is 10.0 Å². The van der Waals surface area contributed by atoms with Gasteiger partial charge in [0.1, 0.15) is 12.4 Å². The molecule has 0 radical (unpaired) electrons. The van der Waals surface area contributed by atoms with E-state index in [9.17, 15) is 18.0 Å². The van der Waals surface area contributed by atoms with E-state index >= 15 is 0 Å². The van der Waals surface area contributed by atoms with Gasteiger partial charge in [0.25, 0.3) is 0 Å². The Morgan fingerprint density at radius 3 is 2.42 bits per heavy atom. The third-order valence-corrected chi connectivity index (χ3v) is 4.88. The Morgan fingerprint density at radius 1 is 1.12 bits per heavy atom. The molecule has 1 rings (SSSR count). The van der Waals surface area contributed by atoms with Gasteiger partial charge in [0, 0.05) is 13.2 Å². The summed E-state index contributed by atoms with van der Waals surface area (Å²) in [6.07, 6.45) is 1.22. The molecule has 1 atom stereocenters. The van der Waals surface area contributed by atoms with Gasteiger partial charge in [0.15, 0.2) is 0 Å². The second-order valence-electron chi connectivity index (χ2n) is 5.58. The van der Waals surface area contributed by atoms with Crippen molar-refractivity contribution in [1.29, 1.82) is 0 Å². The van der Waals surface area contributed by atoms with E-state index in [1.807, 2.05) is 6.92 Å². The summed E-state index contributed by atoms with van der Waals surface area (Å²) in [6, 6.07) is 6.59. The van der Waals surface area contributed by atoms with Gasteiger partial charge in [-0.1, -0.05) is 31.5 Å². The fraction of sp³-hybridized carbons (Fsp3) is 0.529. The number of benzene rings is 1. The first-order valence-corrected chi connectivity index (χ1v) is 9.91. The molecule has 0 aliphatic carbocycles. The molecule has 0 heterocycles. The van der Waals surface area contributed by atoms with Crippen molar-refractivity contribution >= 4 is 21.9 Å². The lowest BCUT2D eigenvalue weighted by Gasteiger charge is -2.17. The molecule has 9 heteroatoms. The number of unbranched alkanes of at least 4 members (excludes halogenated alkanes) is 1. The van der Waals surface area contributed by atoms with Crippen LogP contribution in [0.5, 0.6) is 0 Å². The Labute approximate surface area is 154 Å². The van der Waals surface area contributed by atoms with Gasteiger partial charge in [0.05, 0.1) is 17.5 Å². The summed E-state index contributed by atoms with van der Waals surface area (Å²) in [5.41, 5.74) is 0. The van der Waals surface area contributed by atoms with Crippen molar-refractivity contribution in [2.75, 3.05) is 26.4 Å².